The summed E-state index contributed by atoms with van der Waals surface area (Å²) in [6.45, 7) is 1.97. The molecule has 0 aromatic heterocycles. The fourth-order valence-electron chi connectivity index (χ4n) is 1.96. The normalized spacial score (nSPS) is 11.8. The minimum absolute atomic E-state index is 0.108. The zero-order valence-electron chi connectivity index (χ0n) is 11.4. The van der Waals surface area contributed by atoms with Crippen LogP contribution >= 0.6 is 15.9 Å². The molecule has 0 bridgehead atoms. The van der Waals surface area contributed by atoms with E-state index in [1.807, 2.05) is 31.2 Å². The number of nitrogens with two attached hydrogens (primary N) is 1. The predicted octanol–water partition coefficient (Wildman–Crippen LogP) is 4.06. The van der Waals surface area contributed by atoms with Gasteiger partial charge in [-0.3, -0.25) is 0 Å². The highest BCUT2D eigenvalue weighted by molar-refractivity contribution is 9.10. The molecular formula is C16H14BrFN2O. The second-order valence-electron chi connectivity index (χ2n) is 4.67. The maximum Gasteiger partial charge on any atom is 0.125 e. The number of halogens is 2. The van der Waals surface area contributed by atoms with Crippen LogP contribution in [0.3, 0.4) is 0 Å². The maximum atomic E-state index is 13.3. The number of nitrogens with zero attached hydrogens (tertiary/aromatic N) is 1. The highest BCUT2D eigenvalue weighted by atomic mass is 79.9. The Morgan fingerprint density at radius 3 is 2.76 bits per heavy atom. The molecule has 2 N–H and O–H groups in total. The Kier molecular flexibility index (Phi) is 4.94. The highest BCUT2D eigenvalue weighted by Gasteiger charge is 2.11. The second kappa shape index (κ2) is 6.70. The van der Waals surface area contributed by atoms with Gasteiger partial charge in [0.15, 0.2) is 0 Å². The summed E-state index contributed by atoms with van der Waals surface area (Å²) in [5.41, 5.74) is 7.67. The molecule has 0 heterocycles. The molecular weight excluding hydrogens is 335 g/mol. The summed E-state index contributed by atoms with van der Waals surface area (Å²) >= 11 is 3.38. The van der Waals surface area contributed by atoms with E-state index in [2.05, 4.69) is 15.9 Å². The topological polar surface area (TPSA) is 59.0 Å². The molecule has 2 rings (SSSR count). The summed E-state index contributed by atoms with van der Waals surface area (Å²) in [7, 11) is 0. The molecule has 2 aromatic carbocycles. The SMILES string of the molecule is C[C@H](N)c1ccc(Br)cc1OCc1cc(F)ccc1C#N. The highest BCUT2D eigenvalue weighted by Crippen LogP contribution is 2.28. The van der Waals surface area contributed by atoms with E-state index in [-0.39, 0.29) is 12.6 Å². The van der Waals surface area contributed by atoms with Crippen molar-refractivity contribution < 1.29 is 9.13 Å². The van der Waals surface area contributed by atoms with E-state index < -0.39 is 5.82 Å². The summed E-state index contributed by atoms with van der Waals surface area (Å²) in [5, 5.41) is 9.04. The van der Waals surface area contributed by atoms with Crippen LogP contribution in [-0.4, -0.2) is 0 Å². The van der Waals surface area contributed by atoms with Gasteiger partial charge in [-0.1, -0.05) is 22.0 Å². The third-order valence-corrected chi connectivity index (χ3v) is 3.53. The number of nitriles is 1. The van der Waals surface area contributed by atoms with Gasteiger partial charge in [-0.15, -0.1) is 0 Å². The van der Waals surface area contributed by atoms with Crippen LogP contribution in [0.2, 0.25) is 0 Å². The van der Waals surface area contributed by atoms with Crippen LogP contribution in [-0.2, 0) is 6.61 Å². The van der Waals surface area contributed by atoms with Crippen LogP contribution < -0.4 is 10.5 Å². The fraction of sp³-hybridized carbons (Fsp3) is 0.188. The lowest BCUT2D eigenvalue weighted by molar-refractivity contribution is 0.300. The van der Waals surface area contributed by atoms with Crippen LogP contribution in [0, 0.1) is 17.1 Å². The molecule has 0 aliphatic rings. The molecule has 0 saturated carbocycles. The molecule has 21 heavy (non-hydrogen) atoms. The molecule has 0 aliphatic carbocycles. The van der Waals surface area contributed by atoms with Gasteiger partial charge in [-0.25, -0.2) is 4.39 Å². The van der Waals surface area contributed by atoms with E-state index in [9.17, 15) is 4.39 Å². The van der Waals surface area contributed by atoms with Crippen molar-refractivity contribution in [3.8, 4) is 11.8 Å². The summed E-state index contributed by atoms with van der Waals surface area (Å²) in [5.74, 6) is 0.224. The zero-order valence-corrected chi connectivity index (χ0v) is 13.0. The Bertz CT molecular complexity index is 695. The van der Waals surface area contributed by atoms with E-state index in [0.717, 1.165) is 10.0 Å². The molecule has 0 radical (unpaired) electrons. The average molecular weight is 349 g/mol. The minimum atomic E-state index is -0.394. The van der Waals surface area contributed by atoms with Gasteiger partial charge in [0.25, 0.3) is 0 Å². The summed E-state index contributed by atoms with van der Waals surface area (Å²) in [6.07, 6.45) is 0. The molecule has 5 heteroatoms. The van der Waals surface area contributed by atoms with Crippen molar-refractivity contribution in [1.82, 2.24) is 0 Å². The van der Waals surface area contributed by atoms with Crippen LogP contribution in [0.1, 0.15) is 29.7 Å². The van der Waals surface area contributed by atoms with Gasteiger partial charge in [-0.2, -0.15) is 5.26 Å². The van der Waals surface area contributed by atoms with E-state index >= 15 is 0 Å². The van der Waals surface area contributed by atoms with Gasteiger partial charge in [0, 0.05) is 21.6 Å². The van der Waals surface area contributed by atoms with E-state index in [4.69, 9.17) is 15.7 Å². The van der Waals surface area contributed by atoms with Crippen molar-refractivity contribution in [2.75, 3.05) is 0 Å². The van der Waals surface area contributed by atoms with Crippen molar-refractivity contribution in [1.29, 1.82) is 5.26 Å². The smallest absolute Gasteiger partial charge is 0.125 e. The molecule has 1 atom stereocenters. The van der Waals surface area contributed by atoms with Crippen LogP contribution in [0.15, 0.2) is 40.9 Å². The molecule has 0 aliphatic heterocycles. The van der Waals surface area contributed by atoms with Crippen molar-refractivity contribution in [3.63, 3.8) is 0 Å². The predicted molar refractivity (Wildman–Crippen MR) is 82.2 cm³/mol. The number of hydrogen-bond acceptors (Lipinski definition) is 3. The second-order valence-corrected chi connectivity index (χ2v) is 5.59. The van der Waals surface area contributed by atoms with Crippen molar-refractivity contribution >= 4 is 15.9 Å². The van der Waals surface area contributed by atoms with Crippen LogP contribution in [0.4, 0.5) is 4.39 Å². The number of rotatable bonds is 4. The fourth-order valence-corrected chi connectivity index (χ4v) is 2.30. The number of benzene rings is 2. The Morgan fingerprint density at radius 2 is 2.10 bits per heavy atom. The molecule has 0 amide bonds. The number of hydrogen-bond donors (Lipinski definition) is 1. The van der Waals surface area contributed by atoms with Crippen LogP contribution in [0.5, 0.6) is 5.75 Å². The molecule has 108 valence electrons. The van der Waals surface area contributed by atoms with E-state index in [1.54, 1.807) is 0 Å². The van der Waals surface area contributed by atoms with E-state index in [1.165, 1.54) is 18.2 Å². The quantitative estimate of drug-likeness (QED) is 0.906. The first-order valence-electron chi connectivity index (χ1n) is 6.37. The first-order valence-corrected chi connectivity index (χ1v) is 7.17. The van der Waals surface area contributed by atoms with Gasteiger partial charge in [-0.05, 0) is 37.3 Å². The maximum absolute atomic E-state index is 13.3. The molecule has 0 unspecified atom stereocenters. The summed E-state index contributed by atoms with van der Waals surface area (Å²) in [4.78, 5) is 0. The average Bonchev–Trinajstić information content (AvgIpc) is 2.45. The third-order valence-electron chi connectivity index (χ3n) is 3.04. The molecule has 0 fully saturated rings. The molecule has 3 nitrogen and oxygen atoms in total. The lowest BCUT2D eigenvalue weighted by Gasteiger charge is -2.15. The Balaban J connectivity index is 2.26. The Labute approximate surface area is 131 Å². The largest absolute Gasteiger partial charge is 0.488 e. The van der Waals surface area contributed by atoms with E-state index in [0.29, 0.717) is 16.9 Å². The van der Waals surface area contributed by atoms with Gasteiger partial charge in [0.05, 0.1) is 11.6 Å². The zero-order chi connectivity index (χ0) is 15.4. The first kappa shape index (κ1) is 15.5. The van der Waals surface area contributed by atoms with Crippen molar-refractivity contribution in [2.24, 2.45) is 5.73 Å². The van der Waals surface area contributed by atoms with Gasteiger partial charge in [0.1, 0.15) is 18.2 Å². The third kappa shape index (κ3) is 3.81. The number of ether oxygens (including phenoxy) is 1. The van der Waals surface area contributed by atoms with Crippen molar-refractivity contribution in [2.45, 2.75) is 19.6 Å². The van der Waals surface area contributed by atoms with Crippen molar-refractivity contribution in [3.05, 3.63) is 63.4 Å². The lowest BCUT2D eigenvalue weighted by Crippen LogP contribution is -2.08. The van der Waals surface area contributed by atoms with Crippen LogP contribution in [0.25, 0.3) is 0 Å². The van der Waals surface area contributed by atoms with Gasteiger partial charge in [0.2, 0.25) is 0 Å². The summed E-state index contributed by atoms with van der Waals surface area (Å²) < 4.78 is 19.9. The first-order chi connectivity index (χ1) is 10.0. The molecule has 2 aromatic rings. The molecule has 0 saturated heterocycles. The summed E-state index contributed by atoms with van der Waals surface area (Å²) in [6, 6.07) is 11.4. The van der Waals surface area contributed by atoms with Gasteiger partial charge >= 0.3 is 0 Å². The Morgan fingerprint density at radius 1 is 1.33 bits per heavy atom. The minimum Gasteiger partial charge on any atom is -0.488 e. The Hall–Kier alpha value is -1.90. The molecule has 0 spiro atoms. The standard InChI is InChI=1S/C16H14BrFN2O/c1-10(20)15-5-3-13(17)7-16(15)21-9-12-6-14(18)4-2-11(12)8-19/h2-7,10H,9,20H2,1H3/t10-/m0/s1. The lowest BCUT2D eigenvalue weighted by atomic mass is 10.1. The monoisotopic (exact) mass is 348 g/mol. The van der Waals surface area contributed by atoms with Gasteiger partial charge < -0.3 is 10.5 Å².